The molecule has 1 atom stereocenters. The van der Waals surface area contributed by atoms with E-state index >= 15 is 0 Å². The third-order valence-electron chi connectivity index (χ3n) is 6.48. The Kier molecular flexibility index (Phi) is 6.20. The average Bonchev–Trinajstić information content (AvgIpc) is 2.70. The molecule has 0 radical (unpaired) electrons. The van der Waals surface area contributed by atoms with Crippen molar-refractivity contribution in [3.05, 3.63) is 35.9 Å². The van der Waals surface area contributed by atoms with Crippen molar-refractivity contribution in [3.8, 4) is 0 Å². The largest absolute Gasteiger partial charge is 0.342 e. The van der Waals surface area contributed by atoms with Crippen LogP contribution in [-0.4, -0.2) is 72.8 Å². The van der Waals surface area contributed by atoms with Gasteiger partial charge >= 0.3 is 0 Å². The van der Waals surface area contributed by atoms with Gasteiger partial charge < -0.3 is 9.80 Å². The second kappa shape index (κ2) is 8.42. The second-order valence-electron chi connectivity index (χ2n) is 8.23. The maximum absolute atomic E-state index is 13.0. The molecule has 0 aliphatic carbocycles. The summed E-state index contributed by atoms with van der Waals surface area (Å²) in [6.07, 6.45) is 2.88. The third-order valence-corrected chi connectivity index (χ3v) is 6.48. The lowest BCUT2D eigenvalue weighted by molar-refractivity contribution is -0.144. The molecule has 1 aromatic carbocycles. The Hall–Kier alpha value is -1.88. The minimum absolute atomic E-state index is 0.0478. The van der Waals surface area contributed by atoms with Crippen molar-refractivity contribution < 1.29 is 9.59 Å². The summed E-state index contributed by atoms with van der Waals surface area (Å²) in [5.41, 5.74) is 1.26. The van der Waals surface area contributed by atoms with Crippen molar-refractivity contribution in [3.63, 3.8) is 0 Å². The molecule has 3 rings (SSSR count). The number of carbonyl (C=O) groups is 2. The topological polar surface area (TPSA) is 43.9 Å². The van der Waals surface area contributed by atoms with Crippen molar-refractivity contribution in [2.24, 2.45) is 5.41 Å². The Balaban J connectivity index is 1.71. The number of likely N-dealkylation sites (tertiary alicyclic amines) is 2. The van der Waals surface area contributed by atoms with Crippen LogP contribution in [0.25, 0.3) is 0 Å². The van der Waals surface area contributed by atoms with Crippen LogP contribution in [-0.2, 0) is 9.59 Å². The fraction of sp³-hybridized carbons (Fsp3) is 0.636. The molecule has 2 aliphatic heterocycles. The monoisotopic (exact) mass is 371 g/mol. The van der Waals surface area contributed by atoms with E-state index in [0.29, 0.717) is 6.54 Å². The molecule has 5 nitrogen and oxygen atoms in total. The van der Waals surface area contributed by atoms with E-state index in [1.165, 1.54) is 0 Å². The van der Waals surface area contributed by atoms with Crippen LogP contribution in [0.2, 0.25) is 0 Å². The minimum atomic E-state index is -0.0478. The summed E-state index contributed by atoms with van der Waals surface area (Å²) < 4.78 is 0. The smallest absolute Gasteiger partial charge is 0.236 e. The van der Waals surface area contributed by atoms with E-state index in [1.807, 2.05) is 35.0 Å². The van der Waals surface area contributed by atoms with Crippen LogP contribution in [0.4, 0.5) is 0 Å². The van der Waals surface area contributed by atoms with Gasteiger partial charge in [-0.25, -0.2) is 0 Å². The normalized spacial score (nSPS) is 22.5. The van der Waals surface area contributed by atoms with Crippen LogP contribution in [0.1, 0.15) is 44.6 Å². The van der Waals surface area contributed by atoms with Gasteiger partial charge in [-0.2, -0.15) is 0 Å². The van der Waals surface area contributed by atoms with E-state index in [9.17, 15) is 9.59 Å². The second-order valence-corrected chi connectivity index (χ2v) is 8.23. The van der Waals surface area contributed by atoms with Gasteiger partial charge in [0.05, 0.1) is 12.5 Å². The molecule has 27 heavy (non-hydrogen) atoms. The fourth-order valence-corrected chi connectivity index (χ4v) is 4.54. The summed E-state index contributed by atoms with van der Waals surface area (Å²) in [6.45, 7) is 8.73. The van der Waals surface area contributed by atoms with Crippen LogP contribution in [0, 0.1) is 5.41 Å². The lowest BCUT2D eigenvalue weighted by atomic mass is 9.67. The molecule has 1 unspecified atom stereocenters. The SMILES string of the molecule is CCN(C)CC(=O)N1CCC2(CC1)CC(c1ccccc1)C(=O)N(CC)C2. The number of carbonyl (C=O) groups excluding carboxylic acids is 2. The lowest BCUT2D eigenvalue weighted by Crippen LogP contribution is -2.55. The molecule has 0 saturated carbocycles. The molecule has 0 N–H and O–H groups in total. The highest BCUT2D eigenvalue weighted by Gasteiger charge is 2.46. The Morgan fingerprint density at radius 3 is 2.44 bits per heavy atom. The Morgan fingerprint density at radius 2 is 1.85 bits per heavy atom. The van der Waals surface area contributed by atoms with Gasteiger partial charge in [0.2, 0.25) is 11.8 Å². The minimum Gasteiger partial charge on any atom is -0.342 e. The Labute approximate surface area is 163 Å². The standard InChI is InChI=1S/C22H33N3O2/c1-4-23(3)16-20(26)25-13-11-22(12-14-25)15-19(18-9-7-6-8-10-18)21(27)24(5-2)17-22/h6-10,19H,4-5,11-17H2,1-3H3. The number of likely N-dealkylation sites (N-methyl/N-ethyl adjacent to an activating group) is 2. The van der Waals surface area contributed by atoms with Crippen LogP contribution < -0.4 is 0 Å². The number of hydrogen-bond donors (Lipinski definition) is 0. The highest BCUT2D eigenvalue weighted by Crippen LogP contribution is 2.45. The van der Waals surface area contributed by atoms with Gasteiger partial charge in [-0.05, 0) is 50.8 Å². The zero-order chi connectivity index (χ0) is 19.4. The highest BCUT2D eigenvalue weighted by atomic mass is 16.2. The van der Waals surface area contributed by atoms with E-state index in [4.69, 9.17) is 0 Å². The molecule has 2 saturated heterocycles. The molecule has 2 amide bonds. The molecular weight excluding hydrogens is 338 g/mol. The van der Waals surface area contributed by atoms with Crippen LogP contribution in [0.5, 0.6) is 0 Å². The molecule has 5 heteroatoms. The number of rotatable bonds is 5. The first-order valence-electron chi connectivity index (χ1n) is 10.3. The summed E-state index contributed by atoms with van der Waals surface area (Å²) in [7, 11) is 1.99. The predicted molar refractivity (Wildman–Crippen MR) is 107 cm³/mol. The number of piperidine rings is 2. The van der Waals surface area contributed by atoms with Gasteiger partial charge in [-0.15, -0.1) is 0 Å². The summed E-state index contributed by atoms with van der Waals surface area (Å²) >= 11 is 0. The number of amides is 2. The van der Waals surface area contributed by atoms with Crippen molar-refractivity contribution in [1.29, 1.82) is 0 Å². The first-order chi connectivity index (χ1) is 13.0. The molecule has 0 bridgehead atoms. The quantitative estimate of drug-likeness (QED) is 0.799. The van der Waals surface area contributed by atoms with E-state index < -0.39 is 0 Å². The fourth-order valence-electron chi connectivity index (χ4n) is 4.54. The lowest BCUT2D eigenvalue weighted by Gasteiger charge is -2.50. The molecule has 1 spiro atoms. The molecule has 2 fully saturated rings. The van der Waals surface area contributed by atoms with Crippen molar-refractivity contribution >= 4 is 11.8 Å². The van der Waals surface area contributed by atoms with Gasteiger partial charge in [0.15, 0.2) is 0 Å². The summed E-state index contributed by atoms with van der Waals surface area (Å²) in [5.74, 6) is 0.443. The predicted octanol–water partition coefficient (Wildman–Crippen LogP) is 2.58. The maximum atomic E-state index is 13.0. The number of benzene rings is 1. The maximum Gasteiger partial charge on any atom is 0.236 e. The van der Waals surface area contributed by atoms with E-state index in [1.54, 1.807) is 0 Å². The summed E-state index contributed by atoms with van der Waals surface area (Å²) in [5, 5.41) is 0. The Morgan fingerprint density at radius 1 is 1.19 bits per heavy atom. The van der Waals surface area contributed by atoms with E-state index in [2.05, 4.69) is 30.9 Å². The zero-order valence-electron chi connectivity index (χ0n) is 17.0. The van der Waals surface area contributed by atoms with Gasteiger partial charge in [0, 0.05) is 26.2 Å². The molecule has 2 heterocycles. The van der Waals surface area contributed by atoms with Crippen molar-refractivity contribution in [1.82, 2.24) is 14.7 Å². The molecule has 1 aromatic rings. The van der Waals surface area contributed by atoms with Gasteiger partial charge in [-0.3, -0.25) is 14.5 Å². The zero-order valence-corrected chi connectivity index (χ0v) is 17.0. The number of hydrogen-bond acceptors (Lipinski definition) is 3. The van der Waals surface area contributed by atoms with Crippen molar-refractivity contribution in [2.45, 2.75) is 39.0 Å². The molecular formula is C22H33N3O2. The molecule has 148 valence electrons. The van der Waals surface area contributed by atoms with Crippen molar-refractivity contribution in [2.75, 3.05) is 46.3 Å². The van der Waals surface area contributed by atoms with Crippen LogP contribution in [0.15, 0.2) is 30.3 Å². The third kappa shape index (κ3) is 4.34. The summed E-state index contributed by atoms with van der Waals surface area (Å²) in [6, 6.07) is 10.2. The van der Waals surface area contributed by atoms with E-state index in [0.717, 1.165) is 57.5 Å². The molecule has 2 aliphatic rings. The highest BCUT2D eigenvalue weighted by molar-refractivity contribution is 5.85. The Bertz CT molecular complexity index is 653. The first-order valence-corrected chi connectivity index (χ1v) is 10.3. The van der Waals surface area contributed by atoms with Crippen LogP contribution in [0.3, 0.4) is 0 Å². The first kappa shape index (κ1) is 19.9. The number of nitrogens with zero attached hydrogens (tertiary/aromatic N) is 3. The van der Waals surface area contributed by atoms with Gasteiger partial charge in [0.25, 0.3) is 0 Å². The van der Waals surface area contributed by atoms with Gasteiger partial charge in [0.1, 0.15) is 0 Å². The molecule has 0 aromatic heterocycles. The average molecular weight is 372 g/mol. The van der Waals surface area contributed by atoms with Gasteiger partial charge in [-0.1, -0.05) is 37.3 Å². The summed E-state index contributed by atoms with van der Waals surface area (Å²) in [4.78, 5) is 31.6. The van der Waals surface area contributed by atoms with Crippen LogP contribution >= 0.6 is 0 Å². The van der Waals surface area contributed by atoms with E-state index in [-0.39, 0.29) is 23.1 Å².